The quantitative estimate of drug-likeness (QED) is 0.0238. The summed E-state index contributed by atoms with van der Waals surface area (Å²) in [6, 6.07) is 33.6. The molecule has 0 bridgehead atoms. The third kappa shape index (κ3) is 17.0. The summed E-state index contributed by atoms with van der Waals surface area (Å²) in [6.45, 7) is 5.91. The van der Waals surface area contributed by atoms with Crippen LogP contribution in [0.4, 0.5) is 11.4 Å². The average molecular weight is 844 g/mol. The Labute approximate surface area is 367 Å². The highest BCUT2D eigenvalue weighted by molar-refractivity contribution is 6.32. The molecule has 0 unspecified atom stereocenters. The van der Waals surface area contributed by atoms with Crippen LogP contribution in [0.3, 0.4) is 0 Å². The Morgan fingerprint density at radius 3 is 1.31 bits per heavy atom. The van der Waals surface area contributed by atoms with Gasteiger partial charge in [0, 0.05) is 18.5 Å². The van der Waals surface area contributed by atoms with Crippen molar-refractivity contribution < 1.29 is 28.5 Å². The lowest BCUT2D eigenvalue weighted by molar-refractivity contribution is 0.0733. The summed E-state index contributed by atoms with van der Waals surface area (Å²) in [6.07, 6.45) is 21.0. The summed E-state index contributed by atoms with van der Waals surface area (Å²) in [5, 5.41) is 0.195. The summed E-state index contributed by atoms with van der Waals surface area (Å²) in [5.41, 5.74) is 3.89. The molecule has 0 aliphatic rings. The van der Waals surface area contributed by atoms with Crippen molar-refractivity contribution in [1.82, 2.24) is 0 Å². The van der Waals surface area contributed by atoms with Gasteiger partial charge in [-0.25, -0.2) is 9.59 Å². The Hall–Kier alpha value is -5.73. The summed E-state index contributed by atoms with van der Waals surface area (Å²) in [4.78, 5) is 35.1. The zero-order valence-electron chi connectivity index (χ0n) is 35.7. The van der Waals surface area contributed by atoms with E-state index in [1.807, 2.05) is 48.5 Å². The van der Waals surface area contributed by atoms with Gasteiger partial charge in [-0.05, 0) is 109 Å². The van der Waals surface area contributed by atoms with Crippen LogP contribution in [0.5, 0.6) is 23.0 Å². The molecule has 0 saturated carbocycles. The summed E-state index contributed by atoms with van der Waals surface area (Å²) in [7, 11) is 0. The van der Waals surface area contributed by atoms with Crippen LogP contribution in [0.15, 0.2) is 125 Å². The number of rotatable bonds is 26. The second kappa shape index (κ2) is 26.5. The molecule has 0 aliphatic carbocycles. The maximum Gasteiger partial charge on any atom is 0.343 e. The van der Waals surface area contributed by atoms with E-state index in [1.165, 1.54) is 95.2 Å². The van der Waals surface area contributed by atoms with Crippen molar-refractivity contribution in [1.29, 1.82) is 0 Å². The third-order valence-corrected chi connectivity index (χ3v) is 10.4. The molecule has 0 aliphatic heterocycles. The molecule has 0 atom stereocenters. The Morgan fingerprint density at radius 2 is 0.869 bits per heavy atom. The lowest BCUT2D eigenvalue weighted by Gasteiger charge is -2.10. The number of hydrogen-bond donors (Lipinski definition) is 0. The molecule has 0 amide bonds. The topological polar surface area (TPSA) is 95.8 Å². The van der Waals surface area contributed by atoms with Crippen molar-refractivity contribution in [3.05, 3.63) is 143 Å². The second-order valence-corrected chi connectivity index (χ2v) is 15.5. The highest BCUT2D eigenvalue weighted by Crippen LogP contribution is 2.30. The second-order valence-electron chi connectivity index (χ2n) is 15.1. The van der Waals surface area contributed by atoms with E-state index < -0.39 is 11.9 Å². The summed E-state index contributed by atoms with van der Waals surface area (Å²) in [5.74, 6) is 0.732. The van der Waals surface area contributed by atoms with E-state index in [2.05, 4.69) is 23.8 Å². The van der Waals surface area contributed by atoms with Gasteiger partial charge in [-0.15, -0.1) is 0 Å². The maximum atomic E-state index is 13.0. The van der Waals surface area contributed by atoms with Crippen LogP contribution >= 0.6 is 11.6 Å². The van der Waals surface area contributed by atoms with E-state index >= 15 is 0 Å². The molecule has 5 rings (SSSR count). The fraction of sp³-hybridized carbons (Fsp3) is 0.346. The van der Waals surface area contributed by atoms with Gasteiger partial charge in [0.15, 0.2) is 5.75 Å². The van der Waals surface area contributed by atoms with Gasteiger partial charge in [0.1, 0.15) is 17.2 Å². The predicted molar refractivity (Wildman–Crippen MR) is 249 cm³/mol. The van der Waals surface area contributed by atoms with Crippen LogP contribution in [0.1, 0.15) is 136 Å². The zero-order valence-corrected chi connectivity index (χ0v) is 36.4. The molecule has 0 aromatic heterocycles. The Balaban J connectivity index is 1.04. The molecule has 9 heteroatoms. The highest BCUT2D eigenvalue weighted by atomic mass is 35.5. The number of halogens is 1. The van der Waals surface area contributed by atoms with E-state index in [4.69, 9.17) is 30.5 Å². The van der Waals surface area contributed by atoms with Crippen molar-refractivity contribution >= 4 is 47.3 Å². The number of carbonyl (C=O) groups is 2. The average Bonchev–Trinajstić information content (AvgIpc) is 3.29. The number of benzene rings is 5. The van der Waals surface area contributed by atoms with E-state index in [1.54, 1.807) is 61.0 Å². The number of nitrogens with zero attached hydrogens (tertiary/aromatic N) is 2. The van der Waals surface area contributed by atoms with Crippen LogP contribution < -0.4 is 18.9 Å². The molecule has 0 spiro atoms. The molecule has 0 fully saturated rings. The number of hydrogen-bond acceptors (Lipinski definition) is 8. The van der Waals surface area contributed by atoms with Gasteiger partial charge in [-0.2, -0.15) is 0 Å². The molecule has 0 heterocycles. The van der Waals surface area contributed by atoms with Crippen molar-refractivity contribution in [3.63, 3.8) is 0 Å². The Kier molecular flexibility index (Phi) is 20.1. The van der Waals surface area contributed by atoms with E-state index in [-0.39, 0.29) is 16.5 Å². The number of aliphatic imine (C=N–C) groups is 2. The normalized spacial score (nSPS) is 11.3. The SMILES string of the molecule is CCCCCCCCCOc1ccc(N=Cc2ccc(C(=O)Oc3ccc(Cl)c(OC(=O)c4ccc(C=Nc5ccc(OCCCCCCCCC)cc5)cc4)c3)cc2)cc1. The lowest BCUT2D eigenvalue weighted by atomic mass is 10.1. The van der Waals surface area contributed by atoms with Crippen LogP contribution in [0.25, 0.3) is 0 Å². The molecule has 8 nitrogen and oxygen atoms in total. The highest BCUT2D eigenvalue weighted by Gasteiger charge is 2.15. The smallest absolute Gasteiger partial charge is 0.343 e. The minimum absolute atomic E-state index is 0.0664. The first-order chi connectivity index (χ1) is 29.9. The Bertz CT molecular complexity index is 2110. The predicted octanol–water partition coefficient (Wildman–Crippen LogP) is 14.5. The van der Waals surface area contributed by atoms with Crippen molar-refractivity contribution in [2.45, 2.75) is 104 Å². The molecular weight excluding hydrogens is 784 g/mol. The Morgan fingerprint density at radius 1 is 0.475 bits per heavy atom. The standard InChI is InChI=1S/C52H59ClN2O6/c1-3-5-7-9-11-13-15-35-58-46-29-25-44(26-30-46)54-38-40-17-21-42(22-18-40)51(56)60-48-33-34-49(53)50(37-48)61-52(57)43-23-19-41(20-24-43)39-55-45-27-31-47(32-28-45)59-36-16-14-12-10-8-6-4-2/h17-34,37-39H,3-16,35-36H2,1-2H3. The molecule has 0 radical (unpaired) electrons. The largest absolute Gasteiger partial charge is 0.494 e. The minimum atomic E-state index is -0.610. The maximum absolute atomic E-state index is 13.0. The van der Waals surface area contributed by atoms with E-state index in [0.717, 1.165) is 60.1 Å². The molecule has 5 aromatic rings. The lowest BCUT2D eigenvalue weighted by Crippen LogP contribution is -2.10. The number of carbonyl (C=O) groups excluding carboxylic acids is 2. The van der Waals surface area contributed by atoms with Gasteiger partial charge in [0.05, 0.1) is 40.7 Å². The van der Waals surface area contributed by atoms with Gasteiger partial charge >= 0.3 is 11.9 Å². The number of esters is 2. The van der Waals surface area contributed by atoms with E-state index in [0.29, 0.717) is 11.1 Å². The first-order valence-corrected chi connectivity index (χ1v) is 22.3. The summed E-state index contributed by atoms with van der Waals surface area (Å²) < 4.78 is 23.0. The van der Waals surface area contributed by atoms with Crippen LogP contribution in [-0.2, 0) is 0 Å². The molecule has 5 aromatic carbocycles. The van der Waals surface area contributed by atoms with E-state index in [9.17, 15) is 9.59 Å². The first kappa shape index (κ1) is 46.3. The third-order valence-electron chi connectivity index (χ3n) is 10.0. The molecule has 320 valence electrons. The van der Waals surface area contributed by atoms with Gasteiger partial charge in [0.2, 0.25) is 0 Å². The van der Waals surface area contributed by atoms with Gasteiger partial charge in [-0.3, -0.25) is 9.98 Å². The first-order valence-electron chi connectivity index (χ1n) is 21.9. The zero-order chi connectivity index (χ0) is 42.9. The van der Waals surface area contributed by atoms with Crippen LogP contribution in [-0.4, -0.2) is 37.6 Å². The fourth-order valence-electron chi connectivity index (χ4n) is 6.41. The van der Waals surface area contributed by atoms with Crippen molar-refractivity contribution in [2.24, 2.45) is 9.98 Å². The van der Waals surface area contributed by atoms with Crippen molar-refractivity contribution in [2.75, 3.05) is 13.2 Å². The molecule has 0 N–H and O–H groups in total. The van der Waals surface area contributed by atoms with Gasteiger partial charge in [0.25, 0.3) is 0 Å². The minimum Gasteiger partial charge on any atom is -0.494 e. The van der Waals surface area contributed by atoms with Crippen LogP contribution in [0, 0.1) is 0 Å². The molecule has 61 heavy (non-hydrogen) atoms. The number of ether oxygens (including phenoxy) is 4. The molecule has 0 saturated heterocycles. The van der Waals surface area contributed by atoms with Gasteiger partial charge < -0.3 is 18.9 Å². The molecular formula is C52H59ClN2O6. The van der Waals surface area contributed by atoms with Gasteiger partial charge in [-0.1, -0.05) is 127 Å². The monoisotopic (exact) mass is 842 g/mol. The van der Waals surface area contributed by atoms with Crippen molar-refractivity contribution in [3.8, 4) is 23.0 Å². The number of unbranched alkanes of at least 4 members (excludes halogenated alkanes) is 12. The summed E-state index contributed by atoms with van der Waals surface area (Å²) >= 11 is 6.36. The van der Waals surface area contributed by atoms with Crippen LogP contribution in [0.2, 0.25) is 5.02 Å². The fourth-order valence-corrected chi connectivity index (χ4v) is 6.57.